The van der Waals surface area contributed by atoms with Crippen molar-refractivity contribution < 1.29 is 22.7 Å². The van der Waals surface area contributed by atoms with Crippen LogP contribution in [0, 0.1) is 6.92 Å². The quantitative estimate of drug-likeness (QED) is 0.819. The van der Waals surface area contributed by atoms with Crippen LogP contribution in [-0.4, -0.2) is 40.3 Å². The van der Waals surface area contributed by atoms with E-state index in [1.54, 1.807) is 24.3 Å². The molecular formula is C19H22N2O5S. The van der Waals surface area contributed by atoms with E-state index in [0.717, 1.165) is 5.56 Å². The lowest BCUT2D eigenvalue weighted by Crippen LogP contribution is -2.25. The molecule has 1 heterocycles. The van der Waals surface area contributed by atoms with Gasteiger partial charge in [0.15, 0.2) is 6.61 Å². The number of anilines is 2. The number of carbonyl (C=O) groups is 1. The second kappa shape index (κ2) is 7.87. The number of hydrogen-bond acceptors (Lipinski definition) is 5. The lowest BCUT2D eigenvalue weighted by atomic mass is 10.2. The minimum atomic E-state index is -3.30. The average Bonchev–Trinajstić information content (AvgIpc) is 2.99. The molecule has 2 aromatic rings. The molecule has 1 saturated heterocycles. The summed E-state index contributed by atoms with van der Waals surface area (Å²) in [5, 5.41) is 2.73. The van der Waals surface area contributed by atoms with Crippen molar-refractivity contribution >= 4 is 27.3 Å². The Labute approximate surface area is 158 Å². The first kappa shape index (κ1) is 19.0. The van der Waals surface area contributed by atoms with Crippen molar-refractivity contribution in [2.45, 2.75) is 13.3 Å². The molecule has 0 radical (unpaired) electrons. The van der Waals surface area contributed by atoms with Crippen molar-refractivity contribution in [3.05, 3.63) is 48.0 Å². The fourth-order valence-corrected chi connectivity index (χ4v) is 4.47. The summed E-state index contributed by atoms with van der Waals surface area (Å²) in [4.78, 5) is 12.3. The fourth-order valence-electron chi connectivity index (χ4n) is 2.92. The molecule has 0 bridgehead atoms. The molecule has 0 aliphatic carbocycles. The largest absolute Gasteiger partial charge is 0.495 e. The van der Waals surface area contributed by atoms with Crippen LogP contribution in [0.2, 0.25) is 0 Å². The van der Waals surface area contributed by atoms with Gasteiger partial charge in [0.1, 0.15) is 11.5 Å². The molecule has 0 aromatic heterocycles. The number of rotatable bonds is 6. The number of methoxy groups -OCH3 is 1. The van der Waals surface area contributed by atoms with Crippen LogP contribution in [0.1, 0.15) is 12.0 Å². The van der Waals surface area contributed by atoms with Crippen molar-refractivity contribution in [1.82, 2.24) is 0 Å². The molecule has 144 valence electrons. The van der Waals surface area contributed by atoms with Gasteiger partial charge < -0.3 is 14.8 Å². The summed E-state index contributed by atoms with van der Waals surface area (Å²) in [5.74, 6) is 0.815. The molecule has 0 spiro atoms. The van der Waals surface area contributed by atoms with Crippen LogP contribution in [0.25, 0.3) is 0 Å². The summed E-state index contributed by atoms with van der Waals surface area (Å²) in [5.41, 5.74) is 1.94. The summed E-state index contributed by atoms with van der Waals surface area (Å²) >= 11 is 0. The summed E-state index contributed by atoms with van der Waals surface area (Å²) in [6.07, 6.45) is 0.584. The van der Waals surface area contributed by atoms with E-state index in [4.69, 9.17) is 9.47 Å². The third-order valence-electron chi connectivity index (χ3n) is 4.20. The predicted molar refractivity (Wildman–Crippen MR) is 104 cm³/mol. The molecule has 0 atom stereocenters. The monoisotopic (exact) mass is 390 g/mol. The van der Waals surface area contributed by atoms with Crippen LogP contribution in [0.3, 0.4) is 0 Å². The maximum Gasteiger partial charge on any atom is 0.262 e. The van der Waals surface area contributed by atoms with Crippen LogP contribution in [0.4, 0.5) is 11.4 Å². The topological polar surface area (TPSA) is 84.9 Å². The second-order valence-corrected chi connectivity index (χ2v) is 8.29. The van der Waals surface area contributed by atoms with Crippen molar-refractivity contribution in [1.29, 1.82) is 0 Å². The molecule has 1 aliphatic rings. The lowest BCUT2D eigenvalue weighted by molar-refractivity contribution is -0.118. The molecular weight excluding hydrogens is 368 g/mol. The molecule has 7 nitrogen and oxygen atoms in total. The number of nitrogens with zero attached hydrogens (tertiary/aromatic N) is 1. The molecule has 2 aromatic carbocycles. The minimum absolute atomic E-state index is 0.130. The highest BCUT2D eigenvalue weighted by atomic mass is 32.2. The summed E-state index contributed by atoms with van der Waals surface area (Å²) in [7, 11) is -1.81. The molecule has 1 N–H and O–H groups in total. The van der Waals surface area contributed by atoms with Crippen LogP contribution in [0.5, 0.6) is 11.5 Å². The highest BCUT2D eigenvalue weighted by molar-refractivity contribution is 7.93. The van der Waals surface area contributed by atoms with E-state index >= 15 is 0 Å². The van der Waals surface area contributed by atoms with Gasteiger partial charge >= 0.3 is 0 Å². The fraction of sp³-hybridized carbons (Fsp3) is 0.316. The Balaban J connectivity index is 1.73. The molecule has 1 aliphatic heterocycles. The van der Waals surface area contributed by atoms with Crippen molar-refractivity contribution in [2.75, 3.05) is 35.6 Å². The summed E-state index contributed by atoms with van der Waals surface area (Å²) in [6.45, 7) is 2.20. The van der Waals surface area contributed by atoms with Crippen LogP contribution in [-0.2, 0) is 14.8 Å². The lowest BCUT2D eigenvalue weighted by Gasteiger charge is -2.19. The number of aryl methyl sites for hydroxylation is 1. The number of ether oxygens (including phenoxy) is 2. The second-order valence-electron chi connectivity index (χ2n) is 6.28. The molecule has 3 rings (SSSR count). The number of benzene rings is 2. The highest BCUT2D eigenvalue weighted by Gasteiger charge is 2.29. The maximum atomic E-state index is 12.3. The van der Waals surface area contributed by atoms with Gasteiger partial charge in [-0.25, -0.2) is 8.42 Å². The zero-order valence-electron chi connectivity index (χ0n) is 15.3. The maximum absolute atomic E-state index is 12.3. The van der Waals surface area contributed by atoms with E-state index in [2.05, 4.69) is 5.32 Å². The first-order valence-electron chi connectivity index (χ1n) is 8.57. The zero-order chi connectivity index (χ0) is 19.4. The molecule has 8 heteroatoms. The van der Waals surface area contributed by atoms with Gasteiger partial charge in [0.25, 0.3) is 5.91 Å². The molecule has 1 fully saturated rings. The highest BCUT2D eigenvalue weighted by Crippen LogP contribution is 2.32. The number of sulfonamides is 1. The number of amides is 1. The smallest absolute Gasteiger partial charge is 0.262 e. The Kier molecular flexibility index (Phi) is 5.55. The third-order valence-corrected chi connectivity index (χ3v) is 6.07. The van der Waals surface area contributed by atoms with E-state index in [1.807, 2.05) is 25.1 Å². The Morgan fingerprint density at radius 1 is 1.22 bits per heavy atom. The Morgan fingerprint density at radius 2 is 2.04 bits per heavy atom. The molecule has 1 amide bonds. The zero-order valence-corrected chi connectivity index (χ0v) is 16.1. The van der Waals surface area contributed by atoms with Gasteiger partial charge in [0, 0.05) is 6.54 Å². The van der Waals surface area contributed by atoms with Gasteiger partial charge in [-0.05, 0) is 49.2 Å². The molecule has 27 heavy (non-hydrogen) atoms. The van der Waals surface area contributed by atoms with E-state index in [1.165, 1.54) is 11.4 Å². The minimum Gasteiger partial charge on any atom is -0.495 e. The van der Waals surface area contributed by atoms with E-state index in [0.29, 0.717) is 35.8 Å². The van der Waals surface area contributed by atoms with E-state index in [9.17, 15) is 13.2 Å². The first-order chi connectivity index (χ1) is 12.9. The van der Waals surface area contributed by atoms with Crippen LogP contribution >= 0.6 is 0 Å². The van der Waals surface area contributed by atoms with Crippen LogP contribution in [0.15, 0.2) is 42.5 Å². The van der Waals surface area contributed by atoms with E-state index in [-0.39, 0.29) is 18.3 Å². The number of nitrogens with one attached hydrogen (secondary N) is 1. The van der Waals surface area contributed by atoms with Gasteiger partial charge in [-0.2, -0.15) is 0 Å². The molecule has 0 unspecified atom stereocenters. The average molecular weight is 390 g/mol. The summed E-state index contributed by atoms with van der Waals surface area (Å²) < 4.78 is 36.4. The third kappa shape index (κ3) is 4.51. The normalized spacial score (nSPS) is 15.4. The number of hydrogen-bond donors (Lipinski definition) is 1. The van der Waals surface area contributed by atoms with Crippen molar-refractivity contribution in [3.8, 4) is 11.5 Å². The number of carbonyl (C=O) groups excluding carboxylic acids is 1. The standard InChI is InChI=1S/C19H22N2O5S/c1-14-5-3-6-16(11-14)26-13-19(22)20-17-12-15(7-8-18(17)25-2)21-9-4-10-27(21,23)24/h3,5-8,11-12H,4,9-10,13H2,1-2H3,(H,20,22). The van der Waals surface area contributed by atoms with Crippen molar-refractivity contribution in [2.24, 2.45) is 0 Å². The SMILES string of the molecule is COc1ccc(N2CCCS2(=O)=O)cc1NC(=O)COc1cccc(C)c1. The van der Waals surface area contributed by atoms with Gasteiger partial charge in [-0.1, -0.05) is 12.1 Å². The van der Waals surface area contributed by atoms with Crippen LogP contribution < -0.4 is 19.1 Å². The van der Waals surface area contributed by atoms with Gasteiger partial charge in [0.2, 0.25) is 10.0 Å². The molecule has 0 saturated carbocycles. The van der Waals surface area contributed by atoms with Gasteiger partial charge in [-0.3, -0.25) is 9.10 Å². The predicted octanol–water partition coefficient (Wildman–Crippen LogP) is 2.56. The summed E-state index contributed by atoms with van der Waals surface area (Å²) in [6, 6.07) is 12.3. The first-order valence-corrected chi connectivity index (χ1v) is 10.2. The van der Waals surface area contributed by atoms with Crippen molar-refractivity contribution in [3.63, 3.8) is 0 Å². The van der Waals surface area contributed by atoms with E-state index < -0.39 is 10.0 Å². The Bertz CT molecular complexity index is 943. The Hall–Kier alpha value is -2.74. The van der Waals surface area contributed by atoms with Gasteiger partial charge in [0.05, 0.1) is 24.2 Å². The Morgan fingerprint density at radius 3 is 2.70 bits per heavy atom. The van der Waals surface area contributed by atoms with Gasteiger partial charge in [-0.15, -0.1) is 0 Å².